The molecule has 3 aromatic carbocycles. The minimum Gasteiger partial charge on any atom is -0.467 e. The SMILES string of the molecule is O=C(c1ccc(S(=O)(=O)N2CCCc3ccccc32)cc1)N(Cc1ccco1)c1nc2ccc(F)cc2s1. The third-order valence-electron chi connectivity index (χ3n) is 6.47. The molecule has 192 valence electrons. The molecular weight excluding hydrogens is 525 g/mol. The number of fused-ring (bicyclic) bond motifs is 2. The number of sulfonamides is 1. The van der Waals surface area contributed by atoms with Crippen LogP contribution in [0, 0.1) is 5.82 Å². The second-order valence-corrected chi connectivity index (χ2v) is 11.8. The molecule has 6 rings (SSSR count). The van der Waals surface area contributed by atoms with Gasteiger partial charge in [-0.05, 0) is 79.1 Å². The molecule has 7 nitrogen and oxygen atoms in total. The Morgan fingerprint density at radius 2 is 1.87 bits per heavy atom. The van der Waals surface area contributed by atoms with Crippen molar-refractivity contribution >= 4 is 48.3 Å². The van der Waals surface area contributed by atoms with Crippen LogP contribution in [0.3, 0.4) is 0 Å². The molecule has 0 bridgehead atoms. The first kappa shape index (κ1) is 24.3. The van der Waals surface area contributed by atoms with E-state index in [4.69, 9.17) is 4.42 Å². The minimum absolute atomic E-state index is 0.110. The zero-order chi connectivity index (χ0) is 26.3. The fourth-order valence-corrected chi connectivity index (χ4v) is 7.12. The molecule has 0 saturated heterocycles. The molecule has 0 radical (unpaired) electrons. The first-order valence-corrected chi connectivity index (χ1v) is 14.3. The molecule has 0 aliphatic carbocycles. The van der Waals surface area contributed by atoms with Gasteiger partial charge in [0.1, 0.15) is 11.6 Å². The van der Waals surface area contributed by atoms with Gasteiger partial charge in [0.05, 0.1) is 33.6 Å². The third kappa shape index (κ3) is 4.46. The zero-order valence-corrected chi connectivity index (χ0v) is 21.7. The van der Waals surface area contributed by atoms with Gasteiger partial charge in [0, 0.05) is 12.1 Å². The number of rotatable bonds is 6. The molecule has 1 amide bonds. The van der Waals surface area contributed by atoms with Crippen molar-refractivity contribution in [2.24, 2.45) is 0 Å². The predicted molar refractivity (Wildman–Crippen MR) is 145 cm³/mol. The number of hydrogen-bond donors (Lipinski definition) is 0. The van der Waals surface area contributed by atoms with Gasteiger partial charge in [-0.3, -0.25) is 14.0 Å². The summed E-state index contributed by atoms with van der Waals surface area (Å²) in [6.45, 7) is 0.508. The van der Waals surface area contributed by atoms with Crippen LogP contribution < -0.4 is 9.21 Å². The van der Waals surface area contributed by atoms with E-state index < -0.39 is 10.0 Å². The smallest absolute Gasteiger partial charge is 0.264 e. The summed E-state index contributed by atoms with van der Waals surface area (Å²) in [6, 6.07) is 21.2. The summed E-state index contributed by atoms with van der Waals surface area (Å²) in [4.78, 5) is 19.8. The van der Waals surface area contributed by atoms with Crippen molar-refractivity contribution < 1.29 is 22.0 Å². The van der Waals surface area contributed by atoms with Crippen molar-refractivity contribution in [3.05, 3.63) is 108 Å². The van der Waals surface area contributed by atoms with Crippen molar-refractivity contribution in [2.75, 3.05) is 15.7 Å². The Morgan fingerprint density at radius 1 is 1.05 bits per heavy atom. The number of furan rings is 1. The summed E-state index contributed by atoms with van der Waals surface area (Å²) in [6.07, 6.45) is 3.09. The quantitative estimate of drug-likeness (QED) is 0.260. The largest absolute Gasteiger partial charge is 0.467 e. The molecule has 2 aromatic heterocycles. The standard InChI is InChI=1S/C28H22FN3O4S2/c29-21-11-14-24-26(17-21)37-28(30-24)31(18-22-7-4-16-36-22)27(33)20-9-12-23(13-10-20)38(34,35)32-15-3-6-19-5-1-2-8-25(19)32/h1-2,4-5,7-14,16-17H,3,6,15,18H2. The van der Waals surface area contributed by atoms with Gasteiger partial charge in [0.2, 0.25) is 0 Å². The molecular formula is C28H22FN3O4S2. The average molecular weight is 548 g/mol. The van der Waals surface area contributed by atoms with Gasteiger partial charge in [-0.2, -0.15) is 0 Å². The highest BCUT2D eigenvalue weighted by molar-refractivity contribution is 7.92. The van der Waals surface area contributed by atoms with E-state index in [1.165, 1.54) is 63.2 Å². The molecule has 0 spiro atoms. The number of halogens is 1. The topological polar surface area (TPSA) is 83.7 Å². The molecule has 0 unspecified atom stereocenters. The predicted octanol–water partition coefficient (Wildman–Crippen LogP) is 6.02. The Kier molecular flexibility index (Phi) is 6.21. The maximum absolute atomic E-state index is 13.8. The highest BCUT2D eigenvalue weighted by Gasteiger charge is 2.29. The molecule has 1 aliphatic rings. The second-order valence-electron chi connectivity index (χ2n) is 8.91. The number of benzene rings is 3. The van der Waals surface area contributed by atoms with Gasteiger partial charge in [0.25, 0.3) is 15.9 Å². The van der Waals surface area contributed by atoms with E-state index in [-0.39, 0.29) is 23.2 Å². The van der Waals surface area contributed by atoms with Crippen molar-refractivity contribution in [1.29, 1.82) is 0 Å². The van der Waals surface area contributed by atoms with Gasteiger partial charge >= 0.3 is 0 Å². The van der Waals surface area contributed by atoms with Crippen LogP contribution in [-0.2, 0) is 23.0 Å². The lowest BCUT2D eigenvalue weighted by molar-refractivity contribution is 0.0983. The van der Waals surface area contributed by atoms with Crippen LogP contribution in [0.4, 0.5) is 15.2 Å². The van der Waals surface area contributed by atoms with Crippen LogP contribution in [0.5, 0.6) is 0 Å². The molecule has 3 heterocycles. The highest BCUT2D eigenvalue weighted by Crippen LogP contribution is 2.33. The second kappa shape index (κ2) is 9.70. The van der Waals surface area contributed by atoms with Crippen LogP contribution in [-0.4, -0.2) is 25.9 Å². The lowest BCUT2D eigenvalue weighted by Gasteiger charge is -2.30. The van der Waals surface area contributed by atoms with Gasteiger partial charge in [-0.15, -0.1) is 0 Å². The number of carbonyl (C=O) groups excluding carboxylic acids is 1. The summed E-state index contributed by atoms with van der Waals surface area (Å²) in [5, 5.41) is 0.383. The first-order valence-electron chi connectivity index (χ1n) is 12.0. The van der Waals surface area contributed by atoms with Crippen LogP contribution in [0.1, 0.15) is 28.1 Å². The Morgan fingerprint density at radius 3 is 2.66 bits per heavy atom. The van der Waals surface area contributed by atoms with Crippen LogP contribution in [0.15, 0.2) is 94.4 Å². The summed E-state index contributed by atoms with van der Waals surface area (Å²) < 4.78 is 48.3. The van der Waals surface area contributed by atoms with E-state index in [0.717, 1.165) is 18.4 Å². The number of para-hydroxylation sites is 1. The average Bonchev–Trinajstić information content (AvgIpc) is 3.60. The molecule has 38 heavy (non-hydrogen) atoms. The van der Waals surface area contributed by atoms with E-state index in [2.05, 4.69) is 4.98 Å². The number of nitrogens with zero attached hydrogens (tertiary/aromatic N) is 3. The Hall–Kier alpha value is -4.02. The molecule has 0 atom stereocenters. The zero-order valence-electron chi connectivity index (χ0n) is 20.1. The maximum atomic E-state index is 13.8. The van der Waals surface area contributed by atoms with Gasteiger partial charge < -0.3 is 4.42 Å². The van der Waals surface area contributed by atoms with E-state index >= 15 is 0 Å². The molecule has 5 aromatic rings. The van der Waals surface area contributed by atoms with Gasteiger partial charge in [-0.25, -0.2) is 17.8 Å². The number of thiazole rings is 1. The Balaban J connectivity index is 1.32. The Labute approximate surface area is 222 Å². The highest BCUT2D eigenvalue weighted by atomic mass is 32.2. The van der Waals surface area contributed by atoms with Crippen LogP contribution in [0.25, 0.3) is 10.2 Å². The van der Waals surface area contributed by atoms with Gasteiger partial charge in [0.15, 0.2) is 5.13 Å². The summed E-state index contributed by atoms with van der Waals surface area (Å²) in [5.74, 6) is -0.218. The number of hydrogen-bond acceptors (Lipinski definition) is 6. The van der Waals surface area contributed by atoms with E-state index in [1.54, 1.807) is 18.2 Å². The van der Waals surface area contributed by atoms with E-state index in [1.807, 2.05) is 24.3 Å². The first-order chi connectivity index (χ1) is 18.4. The number of carbonyl (C=O) groups is 1. The Bertz CT molecular complexity index is 1730. The lowest BCUT2D eigenvalue weighted by atomic mass is 10.0. The van der Waals surface area contributed by atoms with Crippen molar-refractivity contribution in [3.63, 3.8) is 0 Å². The molecule has 0 saturated carbocycles. The summed E-state index contributed by atoms with van der Waals surface area (Å²) in [5.41, 5.74) is 2.56. The fraction of sp³-hybridized carbons (Fsp3) is 0.143. The lowest BCUT2D eigenvalue weighted by Crippen LogP contribution is -2.35. The maximum Gasteiger partial charge on any atom is 0.264 e. The van der Waals surface area contributed by atoms with Crippen molar-refractivity contribution in [1.82, 2.24) is 4.98 Å². The number of amides is 1. The third-order valence-corrected chi connectivity index (χ3v) is 9.33. The minimum atomic E-state index is -3.81. The van der Waals surface area contributed by atoms with Crippen molar-refractivity contribution in [2.45, 2.75) is 24.3 Å². The monoisotopic (exact) mass is 547 g/mol. The van der Waals surface area contributed by atoms with E-state index in [9.17, 15) is 17.6 Å². The molecule has 0 fully saturated rings. The van der Waals surface area contributed by atoms with Crippen LogP contribution in [0.2, 0.25) is 0 Å². The van der Waals surface area contributed by atoms with Gasteiger partial charge in [-0.1, -0.05) is 29.5 Å². The molecule has 10 heteroatoms. The number of aryl methyl sites for hydroxylation is 1. The number of anilines is 2. The number of aromatic nitrogens is 1. The summed E-state index contributed by atoms with van der Waals surface area (Å²) >= 11 is 1.19. The fourth-order valence-electron chi connectivity index (χ4n) is 4.59. The van der Waals surface area contributed by atoms with Crippen LogP contribution >= 0.6 is 11.3 Å². The molecule has 0 N–H and O–H groups in total. The normalized spacial score (nSPS) is 13.4. The van der Waals surface area contributed by atoms with Crippen molar-refractivity contribution in [3.8, 4) is 0 Å². The summed E-state index contributed by atoms with van der Waals surface area (Å²) in [7, 11) is -3.81. The van der Waals surface area contributed by atoms with E-state index in [0.29, 0.717) is 38.9 Å². The molecule has 1 aliphatic heterocycles.